The zero-order chi connectivity index (χ0) is 9.28. The summed E-state index contributed by atoms with van der Waals surface area (Å²) in [5.41, 5.74) is 0. The second-order valence-corrected chi connectivity index (χ2v) is 4.20. The second-order valence-electron chi connectivity index (χ2n) is 2.55. The van der Waals surface area contributed by atoms with Crippen molar-refractivity contribution >= 4 is 11.8 Å². The molecule has 2 atom stereocenters. The van der Waals surface area contributed by atoms with Crippen molar-refractivity contribution in [1.29, 1.82) is 0 Å². The van der Waals surface area contributed by atoms with Crippen LogP contribution in [0.2, 0.25) is 0 Å². The van der Waals surface area contributed by atoms with Gasteiger partial charge < -0.3 is 0 Å². The van der Waals surface area contributed by atoms with Crippen molar-refractivity contribution in [3.63, 3.8) is 0 Å². The van der Waals surface area contributed by atoms with Gasteiger partial charge in [-0.1, -0.05) is 48.0 Å². The third-order valence-electron chi connectivity index (χ3n) is 1.87. The van der Waals surface area contributed by atoms with Crippen LogP contribution in [-0.4, -0.2) is 11.0 Å². The normalized spacial score (nSPS) is 14.7. The highest BCUT2D eigenvalue weighted by molar-refractivity contribution is 7.99. The van der Waals surface area contributed by atoms with Gasteiger partial charge in [-0.15, -0.1) is 0 Å². The van der Waals surface area contributed by atoms with Crippen molar-refractivity contribution in [2.75, 3.05) is 5.75 Å². The first kappa shape index (κ1) is 13.9. The van der Waals surface area contributed by atoms with E-state index in [1.54, 1.807) is 0 Å². The largest absolute Gasteiger partial charge is 0.159 e. The van der Waals surface area contributed by atoms with Crippen molar-refractivity contribution in [2.24, 2.45) is 5.92 Å². The van der Waals surface area contributed by atoms with E-state index in [0.29, 0.717) is 0 Å². The van der Waals surface area contributed by atoms with Crippen LogP contribution in [0.15, 0.2) is 0 Å². The molecule has 0 aliphatic heterocycles. The van der Waals surface area contributed by atoms with Crippen LogP contribution >= 0.6 is 11.8 Å². The Morgan fingerprint density at radius 3 is 1.82 bits per heavy atom. The highest BCUT2D eigenvalue weighted by Crippen LogP contribution is 2.20. The first-order chi connectivity index (χ1) is 5.22. The minimum absolute atomic E-state index is 0.847. The number of thioether (sulfide) groups is 1. The van der Waals surface area contributed by atoms with Crippen molar-refractivity contribution in [3.8, 4) is 0 Å². The molecule has 2 unspecified atom stereocenters. The molecule has 0 saturated carbocycles. The average molecular weight is 176 g/mol. The van der Waals surface area contributed by atoms with Gasteiger partial charge in [0.2, 0.25) is 0 Å². The van der Waals surface area contributed by atoms with Crippen molar-refractivity contribution < 1.29 is 0 Å². The molecule has 0 heterocycles. The van der Waals surface area contributed by atoms with Crippen LogP contribution in [0.1, 0.15) is 48.0 Å². The smallest absolute Gasteiger partial charge is 0.00441 e. The van der Waals surface area contributed by atoms with Gasteiger partial charge in [-0.05, 0) is 11.7 Å². The Balaban J connectivity index is 0. The van der Waals surface area contributed by atoms with E-state index < -0.39 is 0 Å². The average Bonchev–Trinajstić information content (AvgIpc) is 2.07. The molecule has 0 aromatic carbocycles. The minimum atomic E-state index is 0.847. The maximum atomic E-state index is 2.33. The van der Waals surface area contributed by atoms with E-state index in [0.717, 1.165) is 11.2 Å². The van der Waals surface area contributed by atoms with E-state index >= 15 is 0 Å². The van der Waals surface area contributed by atoms with Gasteiger partial charge in [0.1, 0.15) is 0 Å². The van der Waals surface area contributed by atoms with E-state index in [1.807, 2.05) is 13.8 Å². The highest BCUT2D eigenvalue weighted by Gasteiger charge is 2.07. The van der Waals surface area contributed by atoms with E-state index in [2.05, 4.69) is 39.5 Å². The molecule has 0 fully saturated rings. The zero-order valence-corrected chi connectivity index (χ0v) is 9.79. The van der Waals surface area contributed by atoms with Crippen LogP contribution in [0.25, 0.3) is 0 Å². The second kappa shape index (κ2) is 10.3. The summed E-state index contributed by atoms with van der Waals surface area (Å²) in [5, 5.41) is 0.847. The lowest BCUT2D eigenvalue weighted by molar-refractivity contribution is 0.558. The van der Waals surface area contributed by atoms with Gasteiger partial charge in [0.25, 0.3) is 0 Å². The number of hydrogen-bond donors (Lipinski definition) is 0. The van der Waals surface area contributed by atoms with E-state index in [1.165, 1.54) is 12.2 Å². The molecule has 0 radical (unpaired) electrons. The molecule has 70 valence electrons. The summed E-state index contributed by atoms with van der Waals surface area (Å²) < 4.78 is 0. The topological polar surface area (TPSA) is 0 Å². The number of hydrogen-bond acceptors (Lipinski definition) is 1. The Bertz CT molecular complexity index is 61.9. The molecule has 0 aliphatic carbocycles. The van der Waals surface area contributed by atoms with Gasteiger partial charge >= 0.3 is 0 Å². The van der Waals surface area contributed by atoms with Gasteiger partial charge in [0.15, 0.2) is 0 Å². The Kier molecular flexibility index (Phi) is 13.1. The molecule has 0 aromatic heterocycles. The molecule has 1 heteroatoms. The molecule has 0 nitrogen and oxygen atoms in total. The maximum Gasteiger partial charge on any atom is 0.00441 e. The summed E-state index contributed by atoms with van der Waals surface area (Å²) in [6.45, 7) is 13.1. The number of rotatable bonds is 4. The third kappa shape index (κ3) is 8.25. The fourth-order valence-corrected chi connectivity index (χ4v) is 1.81. The molecule has 0 amide bonds. The summed E-state index contributed by atoms with van der Waals surface area (Å²) in [5.74, 6) is 2.14. The van der Waals surface area contributed by atoms with Gasteiger partial charge in [-0.25, -0.2) is 0 Å². The Morgan fingerprint density at radius 2 is 1.55 bits per heavy atom. The molecular weight excluding hydrogens is 152 g/mol. The van der Waals surface area contributed by atoms with Crippen molar-refractivity contribution in [1.82, 2.24) is 0 Å². The lowest BCUT2D eigenvalue weighted by Crippen LogP contribution is -2.08. The first-order valence-corrected chi connectivity index (χ1v) is 5.88. The minimum Gasteiger partial charge on any atom is -0.159 e. The van der Waals surface area contributed by atoms with E-state index in [4.69, 9.17) is 0 Å². The van der Waals surface area contributed by atoms with Gasteiger partial charge in [0, 0.05) is 5.25 Å². The fraction of sp³-hybridized carbons (Fsp3) is 1.00. The predicted octanol–water partition coefficient (Wildman–Crippen LogP) is 4.20. The molecular formula is C10H24S. The Morgan fingerprint density at radius 1 is 1.09 bits per heavy atom. The summed E-state index contributed by atoms with van der Waals surface area (Å²) in [6.07, 6.45) is 1.31. The predicted molar refractivity (Wildman–Crippen MR) is 58.4 cm³/mol. The van der Waals surface area contributed by atoms with E-state index in [-0.39, 0.29) is 0 Å². The maximum absolute atomic E-state index is 2.33. The summed E-state index contributed by atoms with van der Waals surface area (Å²) in [7, 11) is 0. The molecule has 0 spiro atoms. The lowest BCUT2D eigenvalue weighted by Gasteiger charge is -2.16. The summed E-state index contributed by atoms with van der Waals surface area (Å²) >= 11 is 2.06. The van der Waals surface area contributed by atoms with Gasteiger partial charge in [-0.2, -0.15) is 11.8 Å². The molecule has 0 N–H and O–H groups in total. The van der Waals surface area contributed by atoms with Gasteiger partial charge in [0.05, 0.1) is 0 Å². The van der Waals surface area contributed by atoms with Crippen LogP contribution in [0, 0.1) is 5.92 Å². The molecule has 0 aromatic rings. The van der Waals surface area contributed by atoms with Crippen LogP contribution in [0.5, 0.6) is 0 Å². The summed E-state index contributed by atoms with van der Waals surface area (Å²) in [6, 6.07) is 0. The molecule has 0 bridgehead atoms. The van der Waals surface area contributed by atoms with Crippen LogP contribution in [-0.2, 0) is 0 Å². The van der Waals surface area contributed by atoms with Crippen molar-refractivity contribution in [3.05, 3.63) is 0 Å². The quantitative estimate of drug-likeness (QED) is 0.618. The molecule has 11 heavy (non-hydrogen) atoms. The first-order valence-electron chi connectivity index (χ1n) is 4.83. The zero-order valence-electron chi connectivity index (χ0n) is 8.98. The highest BCUT2D eigenvalue weighted by atomic mass is 32.2. The van der Waals surface area contributed by atoms with Crippen LogP contribution in [0.4, 0.5) is 0 Å². The molecule has 0 rings (SSSR count). The van der Waals surface area contributed by atoms with Gasteiger partial charge in [-0.3, -0.25) is 0 Å². The monoisotopic (exact) mass is 176 g/mol. The fourth-order valence-electron chi connectivity index (χ4n) is 0.759. The van der Waals surface area contributed by atoms with E-state index in [9.17, 15) is 0 Å². The Labute approximate surface area is 77.2 Å². The SMILES string of the molecule is CC.CCSC(C)C(C)CC. The Hall–Kier alpha value is 0.350. The van der Waals surface area contributed by atoms with Crippen molar-refractivity contribution in [2.45, 2.75) is 53.2 Å². The molecule has 0 saturated heterocycles. The van der Waals surface area contributed by atoms with Crippen LogP contribution in [0.3, 0.4) is 0 Å². The third-order valence-corrected chi connectivity index (χ3v) is 3.20. The lowest BCUT2D eigenvalue weighted by atomic mass is 10.1. The van der Waals surface area contributed by atoms with Crippen LogP contribution < -0.4 is 0 Å². The standard InChI is InChI=1S/C8H18S.C2H6/c1-5-7(3)8(4)9-6-2;1-2/h7-8H,5-6H2,1-4H3;1-2H3. The molecule has 0 aliphatic rings. The summed E-state index contributed by atoms with van der Waals surface area (Å²) in [4.78, 5) is 0.